The van der Waals surface area contributed by atoms with Crippen molar-refractivity contribution in [1.29, 1.82) is 0 Å². The van der Waals surface area contributed by atoms with Gasteiger partial charge in [0.25, 0.3) is 0 Å². The van der Waals surface area contributed by atoms with Gasteiger partial charge in [-0.2, -0.15) is 0 Å². The summed E-state index contributed by atoms with van der Waals surface area (Å²) >= 11 is 1.88. The lowest BCUT2D eigenvalue weighted by Gasteiger charge is -2.37. The van der Waals surface area contributed by atoms with E-state index in [1.165, 1.54) is 7.11 Å². The molecule has 7 rings (SSSR count). The van der Waals surface area contributed by atoms with E-state index in [9.17, 15) is 14.4 Å². The molecule has 2 aromatic carbocycles. The third kappa shape index (κ3) is 8.32. The zero-order valence-corrected chi connectivity index (χ0v) is 33.9. The summed E-state index contributed by atoms with van der Waals surface area (Å²) in [7, 11) is 1.29. The van der Waals surface area contributed by atoms with E-state index in [0.717, 1.165) is 78.1 Å². The van der Waals surface area contributed by atoms with Crippen molar-refractivity contribution in [3.8, 4) is 23.1 Å². The van der Waals surface area contributed by atoms with Gasteiger partial charge in [-0.05, 0) is 78.3 Å². The first-order chi connectivity index (χ1) is 27.0. The van der Waals surface area contributed by atoms with Crippen molar-refractivity contribution >= 4 is 40.4 Å². The highest BCUT2D eigenvalue weighted by Gasteiger charge is 2.45. The molecule has 5 atom stereocenters. The van der Waals surface area contributed by atoms with Crippen LogP contribution >= 0.6 is 11.8 Å². The molecule has 3 saturated heterocycles. The second-order valence-corrected chi connectivity index (χ2v) is 17.1. The van der Waals surface area contributed by atoms with Crippen LogP contribution < -0.4 is 5.32 Å². The van der Waals surface area contributed by atoms with Crippen LogP contribution in [0.4, 0.5) is 4.79 Å². The van der Waals surface area contributed by atoms with Crippen LogP contribution in [0.3, 0.4) is 0 Å². The first kappa shape index (κ1) is 39.4. The Hall–Kier alpha value is -4.80. The quantitative estimate of drug-likeness (QED) is 0.153. The number of H-pyrrole nitrogens is 2. The number of carbonyl (C=O) groups is 3. The van der Waals surface area contributed by atoms with Gasteiger partial charge < -0.3 is 34.6 Å². The molecule has 2 aromatic heterocycles. The Bertz CT molecular complexity index is 2110. The number of alkyl carbamates (subject to hydrolysis) is 1. The van der Waals surface area contributed by atoms with Crippen LogP contribution in [-0.4, -0.2) is 91.7 Å². The minimum absolute atomic E-state index is 0.0676. The number of nitrogens with zero attached hydrogens (tertiary/aromatic N) is 4. The summed E-state index contributed by atoms with van der Waals surface area (Å²) in [4.78, 5) is 59.7. The van der Waals surface area contributed by atoms with Gasteiger partial charge in [-0.25, -0.2) is 14.8 Å². The molecule has 5 heterocycles. The predicted octanol–water partition coefficient (Wildman–Crippen LogP) is 7.06. The van der Waals surface area contributed by atoms with E-state index < -0.39 is 12.1 Å². The second-order valence-electron chi connectivity index (χ2n) is 15.9. The number of hydrogen-bond acceptors (Lipinski definition) is 8. The standard InChI is InChI=1S/C43H53N7O5S/c1-25(2)27(5)40(51)50-36(24-56-42(50)29-15-18-55-19-16-29)39-45-23-34(47-39)32-13-12-30-20-28(9-11-31(30)21-32)10-14-33-22-44-38(46-33)35-8-7-17-49(35)41(52)37(26(3)4)48-43(53)54-6/h9,11-13,20-23,25-27,29,35-37,42H,7-8,15-19,24H2,1-6H3,(H,44,46)(H,45,47)(H,48,53)/t27-,35-,36-,37-,42?/m0/s1. The van der Waals surface area contributed by atoms with Gasteiger partial charge in [0.1, 0.15) is 23.4 Å². The highest BCUT2D eigenvalue weighted by Crippen LogP contribution is 2.45. The molecule has 0 radical (unpaired) electrons. The van der Waals surface area contributed by atoms with Gasteiger partial charge in [-0.1, -0.05) is 58.7 Å². The third-order valence-electron chi connectivity index (χ3n) is 11.6. The number of ether oxygens (including phenoxy) is 2. The third-order valence-corrected chi connectivity index (χ3v) is 13.1. The van der Waals surface area contributed by atoms with E-state index in [-0.39, 0.29) is 47.0 Å². The molecule has 0 spiro atoms. The normalized spacial score (nSPS) is 21.3. The van der Waals surface area contributed by atoms with Crippen LogP contribution in [0, 0.1) is 35.5 Å². The SMILES string of the molecule is COC(=O)N[C@H](C(=O)N1CCC[C@H]1c1ncc(C#Cc2ccc3cc(-c4cnc([C@@H]5CSC(C6CCOCC6)N5C(=O)[C@@H](C)C(C)C)[nH]4)ccc3c2)[nH]1)C(C)C. The van der Waals surface area contributed by atoms with Crippen LogP contribution in [0.1, 0.15) is 95.3 Å². The number of methoxy groups -OCH3 is 1. The van der Waals surface area contributed by atoms with Crippen molar-refractivity contribution < 1.29 is 23.9 Å². The molecule has 0 saturated carbocycles. The summed E-state index contributed by atoms with van der Waals surface area (Å²) in [5, 5.41) is 4.97. The predicted molar refractivity (Wildman–Crippen MR) is 217 cm³/mol. The number of imidazole rings is 2. The monoisotopic (exact) mass is 779 g/mol. The minimum atomic E-state index is -0.689. The van der Waals surface area contributed by atoms with E-state index in [4.69, 9.17) is 14.5 Å². The molecule has 13 heteroatoms. The molecule has 56 heavy (non-hydrogen) atoms. The molecule has 3 amide bonds. The maximum Gasteiger partial charge on any atom is 0.407 e. The fourth-order valence-electron chi connectivity index (χ4n) is 7.95. The molecule has 12 nitrogen and oxygen atoms in total. The molecule has 0 bridgehead atoms. The number of thioether (sulfide) groups is 1. The van der Waals surface area contributed by atoms with Crippen molar-refractivity contribution in [3.05, 3.63) is 71.7 Å². The highest BCUT2D eigenvalue weighted by atomic mass is 32.2. The van der Waals surface area contributed by atoms with Gasteiger partial charge in [0, 0.05) is 42.6 Å². The molecule has 1 unspecified atom stereocenters. The van der Waals surface area contributed by atoms with Crippen LogP contribution in [0.15, 0.2) is 48.8 Å². The molecule has 3 aliphatic rings. The number of aromatic amines is 2. The Labute approximate surface area is 333 Å². The topological polar surface area (TPSA) is 146 Å². The lowest BCUT2D eigenvalue weighted by molar-refractivity contribution is -0.140. The number of rotatable bonds is 9. The first-order valence-corrected chi connectivity index (χ1v) is 20.9. The Morgan fingerprint density at radius 1 is 0.893 bits per heavy atom. The summed E-state index contributed by atoms with van der Waals surface area (Å²) < 4.78 is 10.4. The molecular formula is C43H53N7O5S. The fraction of sp³-hybridized carbons (Fsp3) is 0.512. The average molecular weight is 780 g/mol. The molecule has 296 valence electrons. The Kier molecular flexibility index (Phi) is 12.1. The maximum absolute atomic E-state index is 14.0. The summed E-state index contributed by atoms with van der Waals surface area (Å²) in [6.45, 7) is 12.2. The average Bonchev–Trinajstić information content (AvgIpc) is 4.04. The molecule has 0 aliphatic carbocycles. The van der Waals surface area contributed by atoms with Crippen molar-refractivity contribution in [1.82, 2.24) is 35.1 Å². The fourth-order valence-corrected chi connectivity index (χ4v) is 9.60. The second kappa shape index (κ2) is 17.1. The number of hydrogen-bond donors (Lipinski definition) is 3. The lowest BCUT2D eigenvalue weighted by Crippen LogP contribution is -2.51. The zero-order chi connectivity index (χ0) is 39.5. The van der Waals surface area contributed by atoms with Crippen molar-refractivity contribution in [3.63, 3.8) is 0 Å². The van der Waals surface area contributed by atoms with Gasteiger partial charge in [0.15, 0.2) is 0 Å². The van der Waals surface area contributed by atoms with E-state index in [0.29, 0.717) is 24.0 Å². The molecule has 3 aliphatic heterocycles. The summed E-state index contributed by atoms with van der Waals surface area (Å²) in [6, 6.07) is 11.5. The number of benzene rings is 2. The van der Waals surface area contributed by atoms with Crippen molar-refractivity contribution in [2.24, 2.45) is 23.7 Å². The molecule has 3 N–H and O–H groups in total. The summed E-state index contributed by atoms with van der Waals surface area (Å²) in [5.74, 6) is 9.39. The number of aromatic nitrogens is 4. The number of fused-ring (bicyclic) bond motifs is 1. The van der Waals surface area contributed by atoms with Gasteiger partial charge >= 0.3 is 6.09 Å². The number of amides is 3. The van der Waals surface area contributed by atoms with Gasteiger partial charge in [-0.15, -0.1) is 11.8 Å². The van der Waals surface area contributed by atoms with E-state index in [1.54, 1.807) is 11.1 Å². The van der Waals surface area contributed by atoms with Crippen LogP contribution in [0.2, 0.25) is 0 Å². The van der Waals surface area contributed by atoms with Crippen LogP contribution in [-0.2, 0) is 19.1 Å². The van der Waals surface area contributed by atoms with E-state index >= 15 is 0 Å². The molecular weight excluding hydrogens is 727 g/mol. The lowest BCUT2D eigenvalue weighted by atomic mass is 9.93. The van der Waals surface area contributed by atoms with E-state index in [2.05, 4.69) is 88.1 Å². The van der Waals surface area contributed by atoms with Gasteiger partial charge in [0.05, 0.1) is 42.7 Å². The Balaban J connectivity index is 1.04. The van der Waals surface area contributed by atoms with Crippen molar-refractivity contribution in [2.75, 3.05) is 32.6 Å². The smallest absolute Gasteiger partial charge is 0.407 e. The Morgan fingerprint density at radius 3 is 2.38 bits per heavy atom. The number of carbonyl (C=O) groups excluding carboxylic acids is 3. The van der Waals surface area contributed by atoms with Crippen molar-refractivity contribution in [2.45, 2.75) is 83.8 Å². The first-order valence-electron chi connectivity index (χ1n) is 19.8. The van der Waals surface area contributed by atoms with Gasteiger partial charge in [-0.3, -0.25) is 9.59 Å². The molecule has 4 aromatic rings. The largest absolute Gasteiger partial charge is 0.453 e. The Morgan fingerprint density at radius 2 is 1.62 bits per heavy atom. The summed E-state index contributed by atoms with van der Waals surface area (Å²) in [6.07, 6.45) is 6.54. The zero-order valence-electron chi connectivity index (χ0n) is 33.1. The summed E-state index contributed by atoms with van der Waals surface area (Å²) in [5.41, 5.74) is 3.48. The minimum Gasteiger partial charge on any atom is -0.453 e. The van der Waals surface area contributed by atoms with Gasteiger partial charge in [0.2, 0.25) is 11.8 Å². The number of likely N-dealkylation sites (tertiary alicyclic amines) is 1. The van der Waals surface area contributed by atoms with E-state index in [1.807, 2.05) is 37.9 Å². The van der Waals surface area contributed by atoms with Crippen LogP contribution in [0.25, 0.3) is 22.0 Å². The maximum atomic E-state index is 14.0. The highest BCUT2D eigenvalue weighted by molar-refractivity contribution is 8.00. The number of nitrogens with one attached hydrogen (secondary N) is 3. The molecule has 3 fully saturated rings. The van der Waals surface area contributed by atoms with Crippen LogP contribution in [0.5, 0.6) is 0 Å².